The fourth-order valence-electron chi connectivity index (χ4n) is 4.74. The lowest BCUT2D eigenvalue weighted by Gasteiger charge is -2.31. The van der Waals surface area contributed by atoms with Crippen molar-refractivity contribution in [3.63, 3.8) is 0 Å². The van der Waals surface area contributed by atoms with Crippen LogP contribution in [0.1, 0.15) is 15.9 Å². The van der Waals surface area contributed by atoms with Crippen LogP contribution in [0.3, 0.4) is 0 Å². The van der Waals surface area contributed by atoms with Gasteiger partial charge in [-0.05, 0) is 72.3 Å². The number of benzene rings is 5. The van der Waals surface area contributed by atoms with E-state index >= 15 is 0 Å². The van der Waals surface area contributed by atoms with E-state index in [1.54, 1.807) is 83.4 Å². The van der Waals surface area contributed by atoms with Gasteiger partial charge in [-0.2, -0.15) is 0 Å². The van der Waals surface area contributed by atoms with E-state index in [9.17, 15) is 14.4 Å². The molecule has 222 valence electrons. The number of anilines is 3. The molecule has 1 aliphatic heterocycles. The molecule has 9 heteroatoms. The van der Waals surface area contributed by atoms with E-state index < -0.39 is 11.8 Å². The van der Waals surface area contributed by atoms with Crippen LogP contribution in [0.2, 0.25) is 5.02 Å². The lowest BCUT2D eigenvalue weighted by atomic mass is 10.1. The third-order valence-corrected chi connectivity index (χ3v) is 9.32. The Labute approximate surface area is 274 Å². The summed E-state index contributed by atoms with van der Waals surface area (Å²) in [6.07, 6.45) is 1.54. The Bertz CT molecular complexity index is 1880. The molecule has 6 nitrogen and oxygen atoms in total. The number of carbonyl (C=O) groups excluding carboxylic acids is 3. The maximum absolute atomic E-state index is 13.6. The zero-order valence-electron chi connectivity index (χ0n) is 23.8. The highest BCUT2D eigenvalue weighted by Crippen LogP contribution is 2.48. The quantitative estimate of drug-likeness (QED) is 0.130. The number of rotatable bonds is 8. The van der Waals surface area contributed by atoms with Crippen molar-refractivity contribution in [1.29, 1.82) is 0 Å². The first kappa shape index (κ1) is 30.3. The SMILES string of the molecule is O=C(Nc1cccc(SCC(=O)N2c3ccccc3Sc3ccccc32)c1)/C(=C/c1ccccc1Cl)NC(=O)c1ccccc1. The Morgan fingerprint density at radius 3 is 2.11 bits per heavy atom. The molecule has 0 aliphatic carbocycles. The molecule has 0 fully saturated rings. The topological polar surface area (TPSA) is 78.5 Å². The highest BCUT2D eigenvalue weighted by Gasteiger charge is 2.27. The number of hydrogen-bond donors (Lipinski definition) is 2. The van der Waals surface area contributed by atoms with Gasteiger partial charge < -0.3 is 10.6 Å². The van der Waals surface area contributed by atoms with E-state index in [1.807, 2.05) is 66.7 Å². The minimum atomic E-state index is -0.517. The van der Waals surface area contributed by atoms with E-state index in [4.69, 9.17) is 11.6 Å². The molecule has 0 atom stereocenters. The highest BCUT2D eigenvalue weighted by molar-refractivity contribution is 8.00. The molecule has 0 unspecified atom stereocenters. The molecule has 5 aromatic carbocycles. The number of fused-ring (bicyclic) bond motifs is 2. The first-order valence-corrected chi connectivity index (χ1v) is 16.2. The van der Waals surface area contributed by atoms with Gasteiger partial charge in [0.2, 0.25) is 5.91 Å². The molecule has 0 saturated carbocycles. The Balaban J connectivity index is 1.18. The normalized spacial score (nSPS) is 12.1. The van der Waals surface area contributed by atoms with Crippen LogP contribution in [0.4, 0.5) is 17.1 Å². The van der Waals surface area contributed by atoms with E-state index in [0.717, 1.165) is 26.1 Å². The minimum absolute atomic E-state index is 0.0329. The number of carbonyl (C=O) groups is 3. The lowest BCUT2D eigenvalue weighted by molar-refractivity contribution is -0.115. The molecular formula is C36H26ClN3O3S2. The fraction of sp³-hybridized carbons (Fsp3) is 0.0278. The average molecular weight is 648 g/mol. The number of halogens is 1. The molecule has 0 spiro atoms. The van der Waals surface area contributed by atoms with E-state index in [0.29, 0.717) is 21.8 Å². The van der Waals surface area contributed by atoms with E-state index in [1.165, 1.54) is 11.8 Å². The summed E-state index contributed by atoms with van der Waals surface area (Å²) < 4.78 is 0. The molecule has 2 N–H and O–H groups in total. The Morgan fingerprint density at radius 2 is 1.40 bits per heavy atom. The van der Waals surface area contributed by atoms with Gasteiger partial charge in [0.05, 0.1) is 17.1 Å². The Kier molecular flexibility index (Phi) is 9.35. The van der Waals surface area contributed by atoms with Gasteiger partial charge >= 0.3 is 0 Å². The van der Waals surface area contributed by atoms with E-state index in [-0.39, 0.29) is 17.4 Å². The molecule has 0 saturated heterocycles. The van der Waals surface area contributed by atoms with Crippen molar-refractivity contribution in [2.45, 2.75) is 14.7 Å². The van der Waals surface area contributed by atoms with Crippen LogP contribution >= 0.6 is 35.1 Å². The van der Waals surface area contributed by atoms with Crippen molar-refractivity contribution in [2.75, 3.05) is 16.0 Å². The summed E-state index contributed by atoms with van der Waals surface area (Å²) in [7, 11) is 0. The van der Waals surface area contributed by atoms with Gasteiger partial charge in [-0.1, -0.05) is 90.1 Å². The van der Waals surface area contributed by atoms with Gasteiger partial charge in [0.15, 0.2) is 0 Å². The van der Waals surface area contributed by atoms with Crippen molar-refractivity contribution in [1.82, 2.24) is 5.32 Å². The number of nitrogens with zero attached hydrogens (tertiary/aromatic N) is 1. The smallest absolute Gasteiger partial charge is 0.272 e. The van der Waals surface area contributed by atoms with Crippen LogP contribution in [0.5, 0.6) is 0 Å². The summed E-state index contributed by atoms with van der Waals surface area (Å²) in [5.74, 6) is -0.805. The van der Waals surface area contributed by atoms with Crippen LogP contribution < -0.4 is 15.5 Å². The molecule has 0 radical (unpaired) electrons. The number of hydrogen-bond acceptors (Lipinski definition) is 5. The fourth-order valence-corrected chi connectivity index (χ4v) is 6.79. The molecule has 0 aromatic heterocycles. The van der Waals surface area contributed by atoms with E-state index in [2.05, 4.69) is 10.6 Å². The standard InChI is InChI=1S/C36H26ClN3O3S2/c37-28-16-5-4-13-25(28)21-29(39-35(42)24-11-2-1-3-12-24)36(43)38-26-14-10-15-27(22-26)44-23-34(41)40-30-17-6-8-19-32(30)45-33-20-9-7-18-31(33)40/h1-22H,23H2,(H,38,43)(H,39,42)/b29-21-. The van der Waals surface area contributed by atoms with Gasteiger partial charge in [0.25, 0.3) is 11.8 Å². The largest absolute Gasteiger partial charge is 0.321 e. The molecule has 1 aliphatic rings. The maximum atomic E-state index is 13.6. The number of para-hydroxylation sites is 2. The highest BCUT2D eigenvalue weighted by atomic mass is 35.5. The second-order valence-corrected chi connectivity index (χ2v) is 12.5. The molecule has 6 rings (SSSR count). The van der Waals surface area contributed by atoms with Gasteiger partial charge in [0.1, 0.15) is 5.70 Å². The van der Waals surface area contributed by atoms with Crippen molar-refractivity contribution in [3.8, 4) is 0 Å². The molecule has 0 bridgehead atoms. The van der Waals surface area contributed by atoms with Crippen molar-refractivity contribution >= 4 is 76.0 Å². The maximum Gasteiger partial charge on any atom is 0.272 e. The third-order valence-electron chi connectivity index (χ3n) is 6.87. The number of thioether (sulfide) groups is 1. The summed E-state index contributed by atoms with van der Waals surface area (Å²) >= 11 is 9.39. The van der Waals surface area contributed by atoms with Crippen LogP contribution in [0.25, 0.3) is 6.08 Å². The van der Waals surface area contributed by atoms with Crippen LogP contribution in [-0.4, -0.2) is 23.5 Å². The van der Waals surface area contributed by atoms with Gasteiger partial charge in [-0.25, -0.2) is 0 Å². The second kappa shape index (κ2) is 13.9. The summed E-state index contributed by atoms with van der Waals surface area (Å²) in [5.41, 5.74) is 3.27. The molecule has 3 amide bonds. The predicted molar refractivity (Wildman–Crippen MR) is 183 cm³/mol. The summed E-state index contributed by atoms with van der Waals surface area (Å²) in [5, 5.41) is 6.05. The van der Waals surface area contributed by atoms with Gasteiger partial charge in [0, 0.05) is 31.0 Å². The summed E-state index contributed by atoms with van der Waals surface area (Å²) in [6.45, 7) is 0. The van der Waals surface area contributed by atoms with Crippen molar-refractivity contribution in [2.24, 2.45) is 0 Å². The molecule has 1 heterocycles. The van der Waals surface area contributed by atoms with Crippen LogP contribution in [-0.2, 0) is 9.59 Å². The van der Waals surface area contributed by atoms with Gasteiger partial charge in [-0.3, -0.25) is 19.3 Å². The molecular weight excluding hydrogens is 622 g/mol. The average Bonchev–Trinajstić information content (AvgIpc) is 3.07. The Hall–Kier alpha value is -4.76. The first-order chi connectivity index (χ1) is 22.0. The summed E-state index contributed by atoms with van der Waals surface area (Å²) in [4.78, 5) is 44.8. The summed E-state index contributed by atoms with van der Waals surface area (Å²) in [6, 6.07) is 38.7. The second-order valence-electron chi connectivity index (χ2n) is 9.94. The molecule has 45 heavy (non-hydrogen) atoms. The zero-order chi connectivity index (χ0) is 31.2. The number of nitrogens with one attached hydrogen (secondary N) is 2. The minimum Gasteiger partial charge on any atom is -0.321 e. The van der Waals surface area contributed by atoms with Crippen LogP contribution in [0, 0.1) is 0 Å². The predicted octanol–water partition coefficient (Wildman–Crippen LogP) is 8.67. The van der Waals surface area contributed by atoms with Gasteiger partial charge in [-0.15, -0.1) is 11.8 Å². The van der Waals surface area contributed by atoms with Crippen molar-refractivity contribution < 1.29 is 14.4 Å². The zero-order valence-corrected chi connectivity index (χ0v) is 26.2. The Morgan fingerprint density at radius 1 is 0.756 bits per heavy atom. The first-order valence-electron chi connectivity index (χ1n) is 14.0. The monoisotopic (exact) mass is 647 g/mol. The lowest BCUT2D eigenvalue weighted by Crippen LogP contribution is -2.30. The molecule has 5 aromatic rings. The number of amides is 3. The third kappa shape index (κ3) is 7.15. The van der Waals surface area contributed by atoms with Crippen molar-refractivity contribution in [3.05, 3.63) is 149 Å². The van der Waals surface area contributed by atoms with Crippen LogP contribution in [0.15, 0.2) is 148 Å².